The number of rotatable bonds is 2. The Kier molecular flexibility index (Phi) is 5.14. The van der Waals surface area contributed by atoms with Gasteiger partial charge in [0, 0.05) is 10.0 Å². The Balaban J connectivity index is 1.97. The number of carbonyl (C=O) groups excluding carboxylic acids is 1. The smallest absolute Gasteiger partial charge is 0.416 e. The second kappa shape index (κ2) is 7.05. The van der Waals surface area contributed by atoms with Gasteiger partial charge in [0.05, 0.1) is 16.2 Å². The molecule has 26 heavy (non-hydrogen) atoms. The molecule has 134 valence electrons. The lowest BCUT2D eigenvalue weighted by Gasteiger charge is -2.16. The molecule has 1 fully saturated rings. The van der Waals surface area contributed by atoms with Crippen molar-refractivity contribution >= 4 is 61.9 Å². The van der Waals surface area contributed by atoms with E-state index in [0.717, 1.165) is 28.8 Å². The third kappa shape index (κ3) is 3.79. The second-order valence-electron chi connectivity index (χ2n) is 5.27. The first-order chi connectivity index (χ1) is 12.2. The summed E-state index contributed by atoms with van der Waals surface area (Å²) in [6.45, 7) is 0. The van der Waals surface area contributed by atoms with Crippen LogP contribution >= 0.6 is 39.9 Å². The summed E-state index contributed by atoms with van der Waals surface area (Å²) in [4.78, 5) is 13.9. The first kappa shape index (κ1) is 18.9. The van der Waals surface area contributed by atoms with Crippen LogP contribution in [0.1, 0.15) is 11.1 Å². The zero-order chi connectivity index (χ0) is 19.1. The molecule has 1 N–H and O–H groups in total. The van der Waals surface area contributed by atoms with E-state index in [1.807, 2.05) is 0 Å². The summed E-state index contributed by atoms with van der Waals surface area (Å²) in [6.07, 6.45) is -3.07. The average molecular weight is 460 g/mol. The maximum atomic E-state index is 12.9. The number of thiocarbonyl (C=S) groups is 1. The number of hydrogen-bond donors (Lipinski definition) is 1. The molecule has 0 spiro atoms. The zero-order valence-corrected chi connectivity index (χ0v) is 16.0. The molecule has 2 aromatic rings. The molecule has 0 radical (unpaired) electrons. The molecule has 1 amide bonds. The molecule has 3 rings (SSSR count). The number of alkyl halides is 3. The SMILES string of the molecule is O=C1/C(=C/c2cc(Br)ccc2O)SC(=S)N1c1cccc(C(F)(F)F)c1. The van der Waals surface area contributed by atoms with Crippen LogP contribution in [0.4, 0.5) is 18.9 Å². The number of phenolic OH excluding ortho intramolecular Hbond substituents is 1. The van der Waals surface area contributed by atoms with E-state index in [9.17, 15) is 23.1 Å². The topological polar surface area (TPSA) is 40.5 Å². The van der Waals surface area contributed by atoms with Crippen molar-refractivity contribution in [2.24, 2.45) is 0 Å². The van der Waals surface area contributed by atoms with Crippen molar-refractivity contribution in [3.8, 4) is 5.75 Å². The lowest BCUT2D eigenvalue weighted by atomic mass is 10.1. The molecule has 3 nitrogen and oxygen atoms in total. The fourth-order valence-electron chi connectivity index (χ4n) is 2.29. The van der Waals surface area contributed by atoms with Crippen LogP contribution in [0.15, 0.2) is 51.8 Å². The zero-order valence-electron chi connectivity index (χ0n) is 12.7. The van der Waals surface area contributed by atoms with Crippen molar-refractivity contribution in [2.45, 2.75) is 6.18 Å². The van der Waals surface area contributed by atoms with Gasteiger partial charge in [-0.1, -0.05) is 46.0 Å². The van der Waals surface area contributed by atoms with Crippen LogP contribution in [-0.4, -0.2) is 15.3 Å². The summed E-state index contributed by atoms with van der Waals surface area (Å²) < 4.78 is 39.6. The highest BCUT2D eigenvalue weighted by Gasteiger charge is 2.36. The molecular formula is C17H9BrF3NO2S2. The maximum absolute atomic E-state index is 12.9. The van der Waals surface area contributed by atoms with E-state index in [1.54, 1.807) is 12.1 Å². The lowest BCUT2D eigenvalue weighted by molar-refractivity contribution is -0.137. The van der Waals surface area contributed by atoms with E-state index in [-0.39, 0.29) is 20.7 Å². The quantitative estimate of drug-likeness (QED) is 0.470. The van der Waals surface area contributed by atoms with Crippen LogP contribution in [-0.2, 0) is 11.0 Å². The third-order valence-electron chi connectivity index (χ3n) is 3.50. The van der Waals surface area contributed by atoms with Gasteiger partial charge in [-0.2, -0.15) is 13.2 Å². The second-order valence-corrected chi connectivity index (χ2v) is 7.86. The van der Waals surface area contributed by atoms with Crippen molar-refractivity contribution in [1.82, 2.24) is 0 Å². The Morgan fingerprint density at radius 2 is 1.92 bits per heavy atom. The fourth-order valence-corrected chi connectivity index (χ4v) is 3.96. The number of halogens is 4. The van der Waals surface area contributed by atoms with E-state index in [1.165, 1.54) is 24.3 Å². The van der Waals surface area contributed by atoms with Crippen molar-refractivity contribution in [1.29, 1.82) is 0 Å². The number of aromatic hydroxyl groups is 1. The number of nitrogens with zero attached hydrogens (tertiary/aromatic N) is 1. The molecule has 1 saturated heterocycles. The number of phenols is 1. The van der Waals surface area contributed by atoms with E-state index >= 15 is 0 Å². The maximum Gasteiger partial charge on any atom is 0.416 e. The van der Waals surface area contributed by atoms with Crippen molar-refractivity contribution in [3.63, 3.8) is 0 Å². The minimum Gasteiger partial charge on any atom is -0.507 e. The molecule has 0 bridgehead atoms. The van der Waals surface area contributed by atoms with Gasteiger partial charge < -0.3 is 5.11 Å². The summed E-state index contributed by atoms with van der Waals surface area (Å²) in [7, 11) is 0. The molecule has 0 aliphatic carbocycles. The molecular weight excluding hydrogens is 451 g/mol. The van der Waals surface area contributed by atoms with Crippen LogP contribution in [0.25, 0.3) is 6.08 Å². The highest BCUT2D eigenvalue weighted by Crippen LogP contribution is 2.39. The first-order valence-electron chi connectivity index (χ1n) is 7.10. The van der Waals surface area contributed by atoms with Crippen molar-refractivity contribution in [3.05, 3.63) is 63.0 Å². The predicted octanol–water partition coefficient (Wildman–Crippen LogP) is 5.58. The van der Waals surface area contributed by atoms with Crippen LogP contribution in [0.3, 0.4) is 0 Å². The molecule has 1 heterocycles. The number of thioether (sulfide) groups is 1. The van der Waals surface area contributed by atoms with Gasteiger partial charge in [-0.3, -0.25) is 9.69 Å². The Hall–Kier alpha value is -1.84. The molecule has 0 aromatic heterocycles. The van der Waals surface area contributed by atoms with Crippen LogP contribution in [0.5, 0.6) is 5.75 Å². The molecule has 0 unspecified atom stereocenters. The van der Waals surface area contributed by atoms with Gasteiger partial charge in [0.2, 0.25) is 0 Å². The monoisotopic (exact) mass is 459 g/mol. The predicted molar refractivity (Wildman–Crippen MR) is 103 cm³/mol. The Bertz CT molecular complexity index is 944. The van der Waals surface area contributed by atoms with Gasteiger partial charge in [0.25, 0.3) is 5.91 Å². The van der Waals surface area contributed by atoms with E-state index in [0.29, 0.717) is 10.0 Å². The minimum absolute atomic E-state index is 0.0301. The molecule has 0 atom stereocenters. The molecule has 9 heteroatoms. The number of benzene rings is 2. The molecule has 2 aromatic carbocycles. The summed E-state index contributed by atoms with van der Waals surface area (Å²) in [5, 5.41) is 9.90. The van der Waals surface area contributed by atoms with Gasteiger partial charge in [-0.15, -0.1) is 0 Å². The van der Waals surface area contributed by atoms with Crippen molar-refractivity contribution < 1.29 is 23.1 Å². The Labute approximate surface area is 164 Å². The first-order valence-corrected chi connectivity index (χ1v) is 9.12. The highest BCUT2D eigenvalue weighted by molar-refractivity contribution is 9.10. The lowest BCUT2D eigenvalue weighted by Crippen LogP contribution is -2.27. The number of amides is 1. The van der Waals surface area contributed by atoms with Gasteiger partial charge in [0.1, 0.15) is 5.75 Å². The normalized spacial score (nSPS) is 16.6. The number of carbonyl (C=O) groups is 1. The average Bonchev–Trinajstić information content (AvgIpc) is 2.84. The van der Waals surface area contributed by atoms with Gasteiger partial charge >= 0.3 is 6.18 Å². The van der Waals surface area contributed by atoms with Gasteiger partial charge in [-0.25, -0.2) is 0 Å². The molecule has 1 aliphatic rings. The fraction of sp³-hybridized carbons (Fsp3) is 0.0588. The van der Waals surface area contributed by atoms with Gasteiger partial charge in [0.15, 0.2) is 4.32 Å². The summed E-state index contributed by atoms with van der Waals surface area (Å²) >= 11 is 9.40. The minimum atomic E-state index is -4.52. The Morgan fingerprint density at radius 3 is 2.62 bits per heavy atom. The highest BCUT2D eigenvalue weighted by atomic mass is 79.9. The third-order valence-corrected chi connectivity index (χ3v) is 5.30. The van der Waals surface area contributed by atoms with Crippen LogP contribution in [0, 0.1) is 0 Å². The molecule has 1 aliphatic heterocycles. The number of hydrogen-bond acceptors (Lipinski definition) is 4. The standard InChI is InChI=1S/C17H9BrF3NO2S2/c18-11-4-5-13(23)9(6-11)7-14-15(24)22(16(25)26-14)12-3-1-2-10(8-12)17(19,20)21/h1-8,23H/b14-7-. The van der Waals surface area contributed by atoms with E-state index in [4.69, 9.17) is 12.2 Å². The van der Waals surface area contributed by atoms with Crippen LogP contribution in [0.2, 0.25) is 0 Å². The summed E-state index contributed by atoms with van der Waals surface area (Å²) in [5.74, 6) is -0.573. The number of anilines is 1. The molecule has 0 saturated carbocycles. The largest absolute Gasteiger partial charge is 0.507 e. The van der Waals surface area contributed by atoms with E-state index < -0.39 is 17.6 Å². The van der Waals surface area contributed by atoms with Gasteiger partial charge in [-0.05, 0) is 42.5 Å². The summed E-state index contributed by atoms with van der Waals surface area (Å²) in [5.41, 5.74) is -0.425. The Morgan fingerprint density at radius 1 is 1.19 bits per heavy atom. The van der Waals surface area contributed by atoms with E-state index in [2.05, 4.69) is 15.9 Å². The summed E-state index contributed by atoms with van der Waals surface area (Å²) in [6, 6.07) is 9.14. The van der Waals surface area contributed by atoms with Crippen LogP contribution < -0.4 is 4.90 Å². The van der Waals surface area contributed by atoms with Crippen molar-refractivity contribution in [2.75, 3.05) is 4.90 Å².